The van der Waals surface area contributed by atoms with Crippen molar-refractivity contribution in [2.24, 2.45) is 0 Å². The molecule has 3 rings (SSSR count). The van der Waals surface area contributed by atoms with E-state index in [1.54, 1.807) is 31.2 Å². The number of rotatable bonds is 7. The summed E-state index contributed by atoms with van der Waals surface area (Å²) >= 11 is 0. The summed E-state index contributed by atoms with van der Waals surface area (Å²) in [5.74, 6) is -0.892. The molecule has 6 nitrogen and oxygen atoms in total. The van der Waals surface area contributed by atoms with Crippen LogP contribution in [0.25, 0.3) is 5.57 Å². The molecule has 1 aliphatic heterocycles. The summed E-state index contributed by atoms with van der Waals surface area (Å²) in [5, 5.41) is 2.80. The molecule has 0 fully saturated rings. The Bertz CT molecular complexity index is 1010. The monoisotopic (exact) mass is 434 g/mol. The number of nitrogens with zero attached hydrogens (tertiary/aromatic N) is 1. The Hall–Kier alpha value is -3.49. The molecule has 0 saturated heterocycles. The zero-order valence-corrected chi connectivity index (χ0v) is 17.1. The van der Waals surface area contributed by atoms with Gasteiger partial charge in [-0.05, 0) is 50.6 Å². The van der Waals surface area contributed by atoms with E-state index >= 15 is 0 Å². The fourth-order valence-electron chi connectivity index (χ4n) is 3.13. The van der Waals surface area contributed by atoms with Crippen molar-refractivity contribution in [1.82, 2.24) is 4.90 Å². The number of amides is 2. The summed E-state index contributed by atoms with van der Waals surface area (Å²) in [5.41, 5.74) is 0.766. The Morgan fingerprint density at radius 3 is 2.26 bits per heavy atom. The molecule has 1 heterocycles. The maximum atomic E-state index is 12.9. The van der Waals surface area contributed by atoms with Crippen molar-refractivity contribution < 1.29 is 32.2 Å². The first-order chi connectivity index (χ1) is 14.6. The summed E-state index contributed by atoms with van der Waals surface area (Å²) in [6.07, 6.45) is -4.88. The van der Waals surface area contributed by atoms with E-state index in [4.69, 9.17) is 4.74 Å². The third-order valence-electron chi connectivity index (χ3n) is 4.34. The first-order valence-corrected chi connectivity index (χ1v) is 9.59. The summed E-state index contributed by atoms with van der Waals surface area (Å²) in [6, 6.07) is 11.7. The smallest absolute Gasteiger partial charge is 0.491 e. The standard InChI is InChI=1S/C22H21F3N2O4/c1-4-27-20(28)18(14-8-10-16(11-9-14)30-13(2)3)19(21(27)29)26-15-6-5-7-17(12-15)31-22(23,24)25/h5-13,26H,4H2,1-3H3. The Balaban J connectivity index is 1.97. The van der Waals surface area contributed by atoms with Crippen molar-refractivity contribution in [3.05, 3.63) is 59.8 Å². The van der Waals surface area contributed by atoms with Gasteiger partial charge in [-0.1, -0.05) is 18.2 Å². The molecule has 2 aromatic rings. The SMILES string of the molecule is CCN1C(=O)C(Nc2cccc(OC(F)(F)F)c2)=C(c2ccc(OC(C)C)cc2)C1=O. The van der Waals surface area contributed by atoms with E-state index in [1.807, 2.05) is 13.8 Å². The molecule has 2 aromatic carbocycles. The molecule has 0 bridgehead atoms. The fraction of sp³-hybridized carbons (Fsp3) is 0.273. The predicted octanol–water partition coefficient (Wildman–Crippen LogP) is 4.58. The molecule has 1 N–H and O–H groups in total. The molecule has 31 heavy (non-hydrogen) atoms. The highest BCUT2D eigenvalue weighted by Crippen LogP contribution is 2.32. The number of likely N-dealkylation sites (N-methyl/N-ethyl adjacent to an activating group) is 1. The minimum absolute atomic E-state index is 0.0199. The molecule has 164 valence electrons. The average molecular weight is 434 g/mol. The lowest BCUT2D eigenvalue weighted by atomic mass is 10.0. The van der Waals surface area contributed by atoms with Crippen molar-refractivity contribution in [3.8, 4) is 11.5 Å². The lowest BCUT2D eigenvalue weighted by Gasteiger charge is -2.13. The van der Waals surface area contributed by atoms with E-state index in [0.717, 1.165) is 17.0 Å². The number of hydrogen-bond donors (Lipinski definition) is 1. The van der Waals surface area contributed by atoms with Gasteiger partial charge in [0.15, 0.2) is 0 Å². The number of benzene rings is 2. The Kier molecular flexibility index (Phi) is 6.24. The molecule has 2 amide bonds. The minimum atomic E-state index is -4.85. The number of halogens is 3. The first kappa shape index (κ1) is 22.2. The molecule has 0 radical (unpaired) electrons. The zero-order chi connectivity index (χ0) is 22.8. The third kappa shape index (κ3) is 5.17. The number of nitrogens with one attached hydrogen (secondary N) is 1. The highest BCUT2D eigenvalue weighted by Gasteiger charge is 2.38. The summed E-state index contributed by atoms with van der Waals surface area (Å²) < 4.78 is 47.1. The van der Waals surface area contributed by atoms with Crippen LogP contribution in [-0.2, 0) is 9.59 Å². The van der Waals surface area contributed by atoms with Gasteiger partial charge in [0.05, 0.1) is 11.7 Å². The average Bonchev–Trinajstić information content (AvgIpc) is 2.90. The molecule has 0 aromatic heterocycles. The molecule has 0 spiro atoms. The van der Waals surface area contributed by atoms with E-state index < -0.39 is 23.9 Å². The second-order valence-corrected chi connectivity index (χ2v) is 7.00. The molecule has 9 heteroatoms. The van der Waals surface area contributed by atoms with Crippen molar-refractivity contribution in [1.29, 1.82) is 0 Å². The molecular formula is C22H21F3N2O4. The molecule has 0 saturated carbocycles. The number of carbonyl (C=O) groups excluding carboxylic acids is 2. The van der Waals surface area contributed by atoms with Gasteiger partial charge in [-0.3, -0.25) is 14.5 Å². The Morgan fingerprint density at radius 1 is 1.00 bits per heavy atom. The first-order valence-electron chi connectivity index (χ1n) is 9.59. The van der Waals surface area contributed by atoms with Gasteiger partial charge in [-0.25, -0.2) is 0 Å². The molecular weight excluding hydrogens is 413 g/mol. The van der Waals surface area contributed by atoms with E-state index in [2.05, 4.69) is 10.1 Å². The van der Waals surface area contributed by atoms with Crippen LogP contribution in [0, 0.1) is 0 Å². The highest BCUT2D eigenvalue weighted by molar-refractivity contribution is 6.36. The normalized spacial score (nSPS) is 14.5. The topological polar surface area (TPSA) is 67.9 Å². The summed E-state index contributed by atoms with van der Waals surface area (Å²) in [4.78, 5) is 26.7. The van der Waals surface area contributed by atoms with E-state index in [0.29, 0.717) is 11.3 Å². The van der Waals surface area contributed by atoms with Gasteiger partial charge in [-0.15, -0.1) is 13.2 Å². The lowest BCUT2D eigenvalue weighted by Crippen LogP contribution is -2.32. The van der Waals surface area contributed by atoms with Crippen LogP contribution in [0.2, 0.25) is 0 Å². The van der Waals surface area contributed by atoms with Crippen molar-refractivity contribution in [2.45, 2.75) is 33.2 Å². The predicted molar refractivity (Wildman–Crippen MR) is 108 cm³/mol. The van der Waals surface area contributed by atoms with Gasteiger partial charge in [0.25, 0.3) is 11.8 Å². The number of hydrogen-bond acceptors (Lipinski definition) is 5. The largest absolute Gasteiger partial charge is 0.573 e. The lowest BCUT2D eigenvalue weighted by molar-refractivity contribution is -0.274. The van der Waals surface area contributed by atoms with Gasteiger partial charge in [0.2, 0.25) is 0 Å². The van der Waals surface area contributed by atoms with Crippen LogP contribution in [0.15, 0.2) is 54.2 Å². The Labute approximate surface area is 177 Å². The number of ether oxygens (including phenoxy) is 2. The number of alkyl halides is 3. The number of carbonyl (C=O) groups is 2. The van der Waals surface area contributed by atoms with Gasteiger partial charge in [0.1, 0.15) is 17.2 Å². The quantitative estimate of drug-likeness (QED) is 0.646. The Morgan fingerprint density at radius 2 is 1.68 bits per heavy atom. The van der Waals surface area contributed by atoms with E-state index in [1.165, 1.54) is 12.1 Å². The van der Waals surface area contributed by atoms with Crippen LogP contribution in [-0.4, -0.2) is 35.7 Å². The van der Waals surface area contributed by atoms with E-state index in [9.17, 15) is 22.8 Å². The van der Waals surface area contributed by atoms with Crippen molar-refractivity contribution in [2.75, 3.05) is 11.9 Å². The molecule has 0 aliphatic carbocycles. The maximum absolute atomic E-state index is 12.9. The second-order valence-electron chi connectivity index (χ2n) is 7.00. The van der Waals surface area contributed by atoms with Gasteiger partial charge >= 0.3 is 6.36 Å². The zero-order valence-electron chi connectivity index (χ0n) is 17.1. The maximum Gasteiger partial charge on any atom is 0.573 e. The molecule has 1 aliphatic rings. The van der Waals surface area contributed by atoms with E-state index in [-0.39, 0.29) is 29.6 Å². The van der Waals surface area contributed by atoms with Crippen molar-refractivity contribution in [3.63, 3.8) is 0 Å². The van der Waals surface area contributed by atoms with Crippen LogP contribution in [0.5, 0.6) is 11.5 Å². The summed E-state index contributed by atoms with van der Waals surface area (Å²) in [6.45, 7) is 5.58. The minimum Gasteiger partial charge on any atom is -0.491 e. The van der Waals surface area contributed by atoms with Crippen LogP contribution in [0.1, 0.15) is 26.3 Å². The number of anilines is 1. The van der Waals surface area contributed by atoms with Crippen LogP contribution in [0.4, 0.5) is 18.9 Å². The third-order valence-corrected chi connectivity index (χ3v) is 4.34. The van der Waals surface area contributed by atoms with Crippen LogP contribution < -0.4 is 14.8 Å². The molecule has 0 unspecified atom stereocenters. The van der Waals surface area contributed by atoms with Gasteiger partial charge in [-0.2, -0.15) is 0 Å². The van der Waals surface area contributed by atoms with Crippen molar-refractivity contribution >= 4 is 23.1 Å². The molecule has 0 atom stereocenters. The number of imide groups is 1. The van der Waals surface area contributed by atoms with Gasteiger partial charge in [0, 0.05) is 18.3 Å². The fourth-order valence-corrected chi connectivity index (χ4v) is 3.13. The highest BCUT2D eigenvalue weighted by atomic mass is 19.4. The summed E-state index contributed by atoms with van der Waals surface area (Å²) in [7, 11) is 0. The van der Waals surface area contributed by atoms with Gasteiger partial charge < -0.3 is 14.8 Å². The van der Waals surface area contributed by atoms with Crippen LogP contribution >= 0.6 is 0 Å². The van der Waals surface area contributed by atoms with Crippen LogP contribution in [0.3, 0.4) is 0 Å². The second kappa shape index (κ2) is 8.71.